The minimum atomic E-state index is 0. The first-order valence-electron chi connectivity index (χ1n) is 8.82. The van der Waals surface area contributed by atoms with Gasteiger partial charge >= 0.3 is 0 Å². The molecule has 0 bridgehead atoms. The standard InChI is InChI=1S/C19H26N2O2.ClH/c20-17-6-3-11-21(13-17)19(23)10-9-18(22)16-8-7-14-4-1-2-5-15(14)12-16;/h7-8,12,17H,1-6,9-11,13,20H2;1H. The van der Waals surface area contributed by atoms with Gasteiger partial charge in [-0.3, -0.25) is 9.59 Å². The lowest BCUT2D eigenvalue weighted by molar-refractivity contribution is -0.132. The molecule has 24 heavy (non-hydrogen) atoms. The average molecular weight is 351 g/mol. The Morgan fingerprint density at radius 2 is 1.83 bits per heavy atom. The molecule has 0 spiro atoms. The first kappa shape index (κ1) is 18.9. The van der Waals surface area contributed by atoms with Gasteiger partial charge in [-0.15, -0.1) is 12.4 Å². The van der Waals surface area contributed by atoms with Gasteiger partial charge in [-0.05, 0) is 55.7 Å². The first-order valence-corrected chi connectivity index (χ1v) is 8.82. The molecule has 1 amide bonds. The molecule has 132 valence electrons. The monoisotopic (exact) mass is 350 g/mol. The zero-order chi connectivity index (χ0) is 16.2. The lowest BCUT2D eigenvalue weighted by Gasteiger charge is -2.30. The molecule has 2 aliphatic rings. The van der Waals surface area contributed by atoms with Crippen LogP contribution >= 0.6 is 12.4 Å². The number of likely N-dealkylation sites (tertiary alicyclic amines) is 1. The summed E-state index contributed by atoms with van der Waals surface area (Å²) in [5.74, 6) is 0.138. The summed E-state index contributed by atoms with van der Waals surface area (Å²) >= 11 is 0. The maximum absolute atomic E-state index is 12.4. The van der Waals surface area contributed by atoms with Crippen molar-refractivity contribution < 1.29 is 9.59 Å². The van der Waals surface area contributed by atoms with E-state index in [0.717, 1.165) is 37.8 Å². The summed E-state index contributed by atoms with van der Waals surface area (Å²) in [6, 6.07) is 6.14. The molecule has 1 fully saturated rings. The number of fused-ring (bicyclic) bond motifs is 1. The Kier molecular flexibility index (Phi) is 6.81. The highest BCUT2D eigenvalue weighted by molar-refractivity contribution is 5.98. The summed E-state index contributed by atoms with van der Waals surface area (Å²) < 4.78 is 0. The molecule has 1 unspecified atom stereocenters. The van der Waals surface area contributed by atoms with Crippen molar-refractivity contribution in [3.05, 3.63) is 34.9 Å². The molecule has 0 saturated carbocycles. The van der Waals surface area contributed by atoms with Crippen LogP contribution in [0.5, 0.6) is 0 Å². The fraction of sp³-hybridized carbons (Fsp3) is 0.579. The number of Topliss-reactive ketones (excluding diaryl/α,β-unsaturated/α-hetero) is 1. The summed E-state index contributed by atoms with van der Waals surface area (Å²) in [5, 5.41) is 0. The van der Waals surface area contributed by atoms with E-state index in [1.165, 1.54) is 24.0 Å². The molecule has 1 aromatic rings. The molecule has 2 N–H and O–H groups in total. The van der Waals surface area contributed by atoms with Crippen LogP contribution in [0.25, 0.3) is 0 Å². The number of amides is 1. The quantitative estimate of drug-likeness (QED) is 0.849. The Morgan fingerprint density at radius 1 is 1.08 bits per heavy atom. The van der Waals surface area contributed by atoms with Crippen LogP contribution in [-0.4, -0.2) is 35.7 Å². The molecule has 5 heteroatoms. The van der Waals surface area contributed by atoms with Gasteiger partial charge in [0.05, 0.1) is 0 Å². The zero-order valence-electron chi connectivity index (χ0n) is 14.1. The molecule has 0 aromatic heterocycles. The summed E-state index contributed by atoms with van der Waals surface area (Å²) in [6.07, 6.45) is 7.18. The number of carbonyl (C=O) groups excluding carboxylic acids is 2. The Bertz CT molecular complexity index is 603. The third-order valence-corrected chi connectivity index (χ3v) is 5.05. The van der Waals surface area contributed by atoms with E-state index in [1.54, 1.807) is 0 Å². The van der Waals surface area contributed by atoms with Gasteiger partial charge in [-0.2, -0.15) is 0 Å². The number of nitrogens with zero attached hydrogens (tertiary/aromatic N) is 1. The van der Waals surface area contributed by atoms with E-state index >= 15 is 0 Å². The number of aryl methyl sites for hydroxylation is 2. The molecule has 4 nitrogen and oxygen atoms in total. The van der Waals surface area contributed by atoms with Crippen molar-refractivity contribution in [3.63, 3.8) is 0 Å². The van der Waals surface area contributed by atoms with Crippen molar-refractivity contribution in [2.24, 2.45) is 5.73 Å². The zero-order valence-corrected chi connectivity index (χ0v) is 14.9. The van der Waals surface area contributed by atoms with Gasteiger partial charge in [-0.1, -0.05) is 12.1 Å². The molecular weight excluding hydrogens is 324 g/mol. The second kappa shape index (κ2) is 8.63. The predicted molar refractivity (Wildman–Crippen MR) is 97.7 cm³/mol. The fourth-order valence-electron chi connectivity index (χ4n) is 3.67. The van der Waals surface area contributed by atoms with Crippen molar-refractivity contribution in [3.8, 4) is 0 Å². The van der Waals surface area contributed by atoms with Gasteiger partial charge in [0, 0.05) is 37.5 Å². The maximum atomic E-state index is 12.4. The third-order valence-electron chi connectivity index (χ3n) is 5.05. The number of rotatable bonds is 4. The van der Waals surface area contributed by atoms with Crippen molar-refractivity contribution in [1.82, 2.24) is 4.90 Å². The van der Waals surface area contributed by atoms with Gasteiger partial charge in [0.25, 0.3) is 0 Å². The van der Waals surface area contributed by atoms with E-state index in [4.69, 9.17) is 5.73 Å². The van der Waals surface area contributed by atoms with E-state index in [1.807, 2.05) is 17.0 Å². The lowest BCUT2D eigenvalue weighted by Crippen LogP contribution is -2.45. The second-order valence-corrected chi connectivity index (χ2v) is 6.86. The highest BCUT2D eigenvalue weighted by atomic mass is 35.5. The van der Waals surface area contributed by atoms with Crippen LogP contribution in [-0.2, 0) is 17.6 Å². The van der Waals surface area contributed by atoms with Gasteiger partial charge in [-0.25, -0.2) is 0 Å². The van der Waals surface area contributed by atoms with Crippen LogP contribution in [0.15, 0.2) is 18.2 Å². The normalized spacial score (nSPS) is 20.0. The van der Waals surface area contributed by atoms with E-state index < -0.39 is 0 Å². The minimum Gasteiger partial charge on any atom is -0.341 e. The van der Waals surface area contributed by atoms with Gasteiger partial charge in [0.2, 0.25) is 5.91 Å². The molecular formula is C19H27ClN2O2. The number of hydrogen-bond donors (Lipinski definition) is 1. The van der Waals surface area contributed by atoms with Crippen molar-refractivity contribution in [2.75, 3.05) is 13.1 Å². The van der Waals surface area contributed by atoms with Gasteiger partial charge in [0.15, 0.2) is 5.78 Å². The SMILES string of the molecule is Cl.NC1CCCN(C(=O)CCC(=O)c2ccc3c(c2)CCCC3)C1. The van der Waals surface area contributed by atoms with Crippen molar-refractivity contribution in [1.29, 1.82) is 0 Å². The third kappa shape index (κ3) is 4.58. The molecule has 1 atom stereocenters. The first-order chi connectivity index (χ1) is 11.1. The van der Waals surface area contributed by atoms with Crippen LogP contribution in [0.4, 0.5) is 0 Å². The number of halogens is 1. The number of ketones is 1. The number of nitrogens with two attached hydrogens (primary N) is 1. The number of hydrogen-bond acceptors (Lipinski definition) is 3. The highest BCUT2D eigenvalue weighted by Crippen LogP contribution is 2.23. The van der Waals surface area contributed by atoms with E-state index in [2.05, 4.69) is 6.07 Å². The molecule has 1 saturated heterocycles. The summed E-state index contributed by atoms with van der Waals surface area (Å²) in [4.78, 5) is 26.4. The average Bonchev–Trinajstić information content (AvgIpc) is 2.59. The summed E-state index contributed by atoms with van der Waals surface area (Å²) in [7, 11) is 0. The topological polar surface area (TPSA) is 63.4 Å². The Hall–Kier alpha value is -1.39. The number of piperidine rings is 1. The van der Waals surface area contributed by atoms with E-state index in [-0.39, 0.29) is 30.1 Å². The second-order valence-electron chi connectivity index (χ2n) is 6.86. The maximum Gasteiger partial charge on any atom is 0.223 e. The minimum absolute atomic E-state index is 0. The van der Waals surface area contributed by atoms with Crippen molar-refractivity contribution >= 4 is 24.1 Å². The Morgan fingerprint density at radius 3 is 2.58 bits per heavy atom. The fourth-order valence-corrected chi connectivity index (χ4v) is 3.67. The molecule has 1 aromatic carbocycles. The predicted octanol–water partition coefficient (Wildman–Crippen LogP) is 2.90. The van der Waals surface area contributed by atoms with Crippen LogP contribution in [0.2, 0.25) is 0 Å². The van der Waals surface area contributed by atoms with Crippen LogP contribution in [0, 0.1) is 0 Å². The van der Waals surface area contributed by atoms with Crippen LogP contribution in [0.1, 0.15) is 60.0 Å². The van der Waals surface area contributed by atoms with Gasteiger partial charge < -0.3 is 10.6 Å². The van der Waals surface area contributed by atoms with E-state index in [9.17, 15) is 9.59 Å². The van der Waals surface area contributed by atoms with Crippen molar-refractivity contribution in [2.45, 2.75) is 57.4 Å². The molecule has 0 radical (unpaired) electrons. The lowest BCUT2D eigenvalue weighted by atomic mass is 9.89. The Labute approximate surface area is 150 Å². The van der Waals surface area contributed by atoms with Crippen LogP contribution < -0.4 is 5.73 Å². The molecule has 1 aliphatic carbocycles. The largest absolute Gasteiger partial charge is 0.341 e. The number of benzene rings is 1. The molecule has 3 rings (SSSR count). The number of carbonyl (C=O) groups is 2. The van der Waals surface area contributed by atoms with Gasteiger partial charge in [0.1, 0.15) is 0 Å². The van der Waals surface area contributed by atoms with Crippen LogP contribution in [0.3, 0.4) is 0 Å². The highest BCUT2D eigenvalue weighted by Gasteiger charge is 2.22. The van der Waals surface area contributed by atoms with E-state index in [0.29, 0.717) is 19.4 Å². The Balaban J connectivity index is 0.00000208. The molecule has 1 heterocycles. The smallest absolute Gasteiger partial charge is 0.223 e. The summed E-state index contributed by atoms with van der Waals surface area (Å²) in [6.45, 7) is 1.41. The summed E-state index contributed by atoms with van der Waals surface area (Å²) in [5.41, 5.74) is 9.37. The molecule has 1 aliphatic heterocycles.